The Balaban J connectivity index is 1.46. The number of nitrogens with one attached hydrogen (secondary N) is 2. The molecule has 31 heavy (non-hydrogen) atoms. The van der Waals surface area contributed by atoms with Crippen LogP contribution in [-0.2, 0) is 10.0 Å². The van der Waals surface area contributed by atoms with E-state index >= 15 is 0 Å². The molecule has 0 aromatic heterocycles. The molecule has 1 aliphatic heterocycles. The van der Waals surface area contributed by atoms with Gasteiger partial charge >= 0.3 is 0 Å². The molecule has 0 spiro atoms. The van der Waals surface area contributed by atoms with E-state index in [0.29, 0.717) is 46.7 Å². The lowest BCUT2D eigenvalue weighted by molar-refractivity contribution is 0.102. The number of benzene rings is 3. The number of carbonyl (C=O) groups is 1. The lowest BCUT2D eigenvalue weighted by Gasteiger charge is -2.12. The number of anilines is 2. The van der Waals surface area contributed by atoms with Crippen molar-refractivity contribution in [3.05, 3.63) is 77.3 Å². The first kappa shape index (κ1) is 21.0. The normalized spacial score (nSPS) is 13.2. The van der Waals surface area contributed by atoms with Gasteiger partial charge in [-0.15, -0.1) is 0 Å². The zero-order valence-electron chi connectivity index (χ0n) is 16.3. The van der Waals surface area contributed by atoms with E-state index in [1.165, 1.54) is 12.1 Å². The van der Waals surface area contributed by atoms with Gasteiger partial charge < -0.3 is 14.8 Å². The molecular weight excluding hydrogens is 440 g/mol. The zero-order chi connectivity index (χ0) is 21.8. The van der Waals surface area contributed by atoms with Crippen molar-refractivity contribution in [3.8, 4) is 11.5 Å². The standard InChI is InChI=1S/C22H19ClN2O5S/c23-19-5-2-1-4-18(19)22(26)24-15-6-8-16(9-7-15)25-31(27,28)17-10-11-20-21(14-17)30-13-3-12-29-20/h1-2,4-11,14,25H,3,12-13H2,(H,24,26). The second-order valence-corrected chi connectivity index (χ2v) is 8.87. The third-order valence-electron chi connectivity index (χ3n) is 4.54. The van der Waals surface area contributed by atoms with Gasteiger partial charge in [0.25, 0.3) is 15.9 Å². The molecule has 3 aromatic carbocycles. The summed E-state index contributed by atoms with van der Waals surface area (Å²) in [4.78, 5) is 12.4. The van der Waals surface area contributed by atoms with E-state index < -0.39 is 10.0 Å². The molecule has 0 atom stereocenters. The fraction of sp³-hybridized carbons (Fsp3) is 0.136. The van der Waals surface area contributed by atoms with Gasteiger partial charge in [0.15, 0.2) is 11.5 Å². The summed E-state index contributed by atoms with van der Waals surface area (Å²) < 4.78 is 39.2. The number of halogens is 1. The molecule has 7 nitrogen and oxygen atoms in total. The summed E-state index contributed by atoms with van der Waals surface area (Å²) in [6.45, 7) is 0.988. The zero-order valence-corrected chi connectivity index (χ0v) is 17.9. The molecule has 0 fully saturated rings. The molecule has 0 bridgehead atoms. The van der Waals surface area contributed by atoms with E-state index in [4.69, 9.17) is 21.1 Å². The third kappa shape index (κ3) is 4.92. The number of ether oxygens (including phenoxy) is 2. The van der Waals surface area contributed by atoms with Crippen LogP contribution in [0.2, 0.25) is 5.02 Å². The molecular formula is C22H19ClN2O5S. The average molecular weight is 459 g/mol. The molecule has 0 unspecified atom stereocenters. The van der Waals surface area contributed by atoms with Crippen molar-refractivity contribution in [3.63, 3.8) is 0 Å². The monoisotopic (exact) mass is 458 g/mol. The number of hydrogen-bond donors (Lipinski definition) is 2. The number of sulfonamides is 1. The molecule has 1 amide bonds. The molecule has 2 N–H and O–H groups in total. The quantitative estimate of drug-likeness (QED) is 0.584. The van der Waals surface area contributed by atoms with Crippen LogP contribution in [0.1, 0.15) is 16.8 Å². The van der Waals surface area contributed by atoms with Gasteiger partial charge in [-0.25, -0.2) is 8.42 Å². The van der Waals surface area contributed by atoms with Gasteiger partial charge in [0.05, 0.1) is 28.7 Å². The molecule has 1 aliphatic rings. The topological polar surface area (TPSA) is 93.7 Å². The molecule has 160 valence electrons. The minimum absolute atomic E-state index is 0.0628. The molecule has 0 aliphatic carbocycles. The van der Waals surface area contributed by atoms with Gasteiger partial charge in [-0.1, -0.05) is 23.7 Å². The van der Waals surface area contributed by atoms with Gasteiger partial charge in [-0.3, -0.25) is 9.52 Å². The summed E-state index contributed by atoms with van der Waals surface area (Å²) in [5.74, 6) is 0.569. The fourth-order valence-corrected chi connectivity index (χ4v) is 4.29. The Hall–Kier alpha value is -3.23. The van der Waals surface area contributed by atoms with E-state index in [1.807, 2.05) is 0 Å². The number of hydrogen-bond acceptors (Lipinski definition) is 5. The van der Waals surface area contributed by atoms with E-state index in [9.17, 15) is 13.2 Å². The largest absolute Gasteiger partial charge is 0.490 e. The summed E-state index contributed by atoms with van der Waals surface area (Å²) in [7, 11) is -3.83. The predicted octanol–water partition coefficient (Wildman–Crippen LogP) is 4.55. The van der Waals surface area contributed by atoms with Crippen LogP contribution >= 0.6 is 11.6 Å². The van der Waals surface area contributed by atoms with Crippen LogP contribution in [0, 0.1) is 0 Å². The van der Waals surface area contributed by atoms with E-state index in [0.717, 1.165) is 6.42 Å². The van der Waals surface area contributed by atoms with Crippen molar-refractivity contribution >= 4 is 38.9 Å². The van der Waals surface area contributed by atoms with Gasteiger partial charge in [0.1, 0.15) is 0 Å². The Morgan fingerprint density at radius 1 is 0.871 bits per heavy atom. The van der Waals surface area contributed by atoms with Crippen LogP contribution in [0.15, 0.2) is 71.6 Å². The summed E-state index contributed by atoms with van der Waals surface area (Å²) in [6, 6.07) is 17.5. The summed E-state index contributed by atoms with van der Waals surface area (Å²) in [6.07, 6.45) is 0.731. The smallest absolute Gasteiger partial charge is 0.262 e. The predicted molar refractivity (Wildman–Crippen MR) is 119 cm³/mol. The first-order chi connectivity index (χ1) is 14.9. The number of rotatable bonds is 5. The highest BCUT2D eigenvalue weighted by Gasteiger charge is 2.19. The molecule has 0 radical (unpaired) electrons. The van der Waals surface area contributed by atoms with Crippen molar-refractivity contribution in [2.45, 2.75) is 11.3 Å². The molecule has 1 heterocycles. The van der Waals surface area contributed by atoms with Gasteiger partial charge in [0.2, 0.25) is 0 Å². The average Bonchev–Trinajstić information content (AvgIpc) is 3.00. The van der Waals surface area contributed by atoms with Crippen LogP contribution in [0.5, 0.6) is 11.5 Å². The van der Waals surface area contributed by atoms with Gasteiger partial charge in [0, 0.05) is 23.9 Å². The molecule has 4 rings (SSSR count). The summed E-state index contributed by atoms with van der Waals surface area (Å²) >= 11 is 6.04. The van der Waals surface area contributed by atoms with Gasteiger partial charge in [-0.05, 0) is 48.5 Å². The Kier molecular flexibility index (Phi) is 6.01. The SMILES string of the molecule is O=C(Nc1ccc(NS(=O)(=O)c2ccc3c(c2)OCCCO3)cc1)c1ccccc1Cl. The minimum atomic E-state index is -3.83. The highest BCUT2D eigenvalue weighted by atomic mass is 35.5. The van der Waals surface area contributed by atoms with Crippen LogP contribution < -0.4 is 19.5 Å². The van der Waals surface area contributed by atoms with Crippen LogP contribution in [0.3, 0.4) is 0 Å². The maximum absolute atomic E-state index is 12.8. The van der Waals surface area contributed by atoms with Crippen molar-refractivity contribution in [2.24, 2.45) is 0 Å². The number of amides is 1. The number of carbonyl (C=O) groups excluding carboxylic acids is 1. The van der Waals surface area contributed by atoms with Crippen molar-refractivity contribution in [1.82, 2.24) is 0 Å². The highest BCUT2D eigenvalue weighted by molar-refractivity contribution is 7.92. The van der Waals surface area contributed by atoms with E-state index in [2.05, 4.69) is 10.0 Å². The first-order valence-electron chi connectivity index (χ1n) is 9.51. The molecule has 9 heteroatoms. The summed E-state index contributed by atoms with van der Waals surface area (Å²) in [5, 5.41) is 3.08. The van der Waals surface area contributed by atoms with E-state index in [1.54, 1.807) is 54.6 Å². The Morgan fingerprint density at radius 2 is 1.55 bits per heavy atom. The molecule has 0 saturated carbocycles. The summed E-state index contributed by atoms with van der Waals surface area (Å²) in [5.41, 5.74) is 1.20. The second kappa shape index (κ2) is 8.87. The van der Waals surface area contributed by atoms with Crippen molar-refractivity contribution < 1.29 is 22.7 Å². The first-order valence-corrected chi connectivity index (χ1v) is 11.4. The fourth-order valence-electron chi connectivity index (χ4n) is 2.99. The van der Waals surface area contributed by atoms with Crippen molar-refractivity contribution in [2.75, 3.05) is 23.3 Å². The minimum Gasteiger partial charge on any atom is -0.490 e. The van der Waals surface area contributed by atoms with E-state index in [-0.39, 0.29) is 10.8 Å². The Morgan fingerprint density at radius 3 is 2.29 bits per heavy atom. The Labute approximate surface area is 185 Å². The molecule has 3 aromatic rings. The molecule has 0 saturated heterocycles. The maximum atomic E-state index is 12.8. The lowest BCUT2D eigenvalue weighted by atomic mass is 10.2. The lowest BCUT2D eigenvalue weighted by Crippen LogP contribution is -2.14. The second-order valence-electron chi connectivity index (χ2n) is 6.78. The van der Waals surface area contributed by atoms with Gasteiger partial charge in [-0.2, -0.15) is 0 Å². The highest BCUT2D eigenvalue weighted by Crippen LogP contribution is 2.32. The van der Waals surface area contributed by atoms with Crippen LogP contribution in [-0.4, -0.2) is 27.5 Å². The van der Waals surface area contributed by atoms with Crippen LogP contribution in [0.4, 0.5) is 11.4 Å². The van der Waals surface area contributed by atoms with Crippen molar-refractivity contribution in [1.29, 1.82) is 0 Å². The Bertz CT molecular complexity index is 1210. The maximum Gasteiger partial charge on any atom is 0.262 e. The third-order valence-corrected chi connectivity index (χ3v) is 6.25. The number of fused-ring (bicyclic) bond motifs is 1. The van der Waals surface area contributed by atoms with Crippen LogP contribution in [0.25, 0.3) is 0 Å².